The Hall–Kier alpha value is -0.340. The van der Waals surface area contributed by atoms with Gasteiger partial charge in [0.05, 0.1) is 6.10 Å². The molecule has 0 radical (unpaired) electrons. The summed E-state index contributed by atoms with van der Waals surface area (Å²) in [4.78, 5) is 0. The van der Waals surface area contributed by atoms with Crippen LogP contribution in [0.5, 0.6) is 0 Å². The van der Waals surface area contributed by atoms with Crippen LogP contribution < -0.4 is 5.32 Å². The van der Waals surface area contributed by atoms with Crippen LogP contribution in [0.25, 0.3) is 0 Å². The smallest absolute Gasteiger partial charge is 0.0842 e. The van der Waals surface area contributed by atoms with Crippen LogP contribution in [0.3, 0.4) is 0 Å². The van der Waals surface area contributed by atoms with Crippen molar-refractivity contribution in [2.24, 2.45) is 0 Å². The van der Waals surface area contributed by atoms with Gasteiger partial charge >= 0.3 is 0 Å². The molecule has 0 bridgehead atoms. The predicted octanol–water partition coefficient (Wildman–Crippen LogP) is 0.533. The Bertz CT molecular complexity index is 73.3. The average molecular weight is 129 g/mol. The van der Waals surface area contributed by atoms with E-state index in [1.165, 1.54) is 6.08 Å². The molecule has 0 aromatic heterocycles. The fraction of sp³-hybridized carbons (Fsp3) is 0.714. The lowest BCUT2D eigenvalue weighted by atomic mass is 10.3. The molecule has 0 aromatic rings. The van der Waals surface area contributed by atoms with Crippen molar-refractivity contribution >= 4 is 0 Å². The summed E-state index contributed by atoms with van der Waals surface area (Å²) < 4.78 is 0. The minimum atomic E-state index is -0.392. The first kappa shape index (κ1) is 8.66. The third-order valence-electron chi connectivity index (χ3n) is 1.05. The van der Waals surface area contributed by atoms with Crippen LogP contribution in [0.15, 0.2) is 12.7 Å². The summed E-state index contributed by atoms with van der Waals surface area (Å²) >= 11 is 0. The molecular weight excluding hydrogens is 114 g/mol. The summed E-state index contributed by atoms with van der Waals surface area (Å²) in [5.41, 5.74) is 0. The first-order chi connectivity index (χ1) is 4.31. The maximum absolute atomic E-state index is 8.90. The first-order valence-electron chi connectivity index (χ1n) is 3.32. The van der Waals surface area contributed by atoms with E-state index in [9.17, 15) is 0 Å². The molecule has 1 atom stereocenters. The number of nitrogens with one attached hydrogen (secondary N) is 1. The fourth-order valence-electron chi connectivity index (χ4n) is 0.510. The Balaban J connectivity index is 2.96. The van der Waals surface area contributed by atoms with Gasteiger partial charge in [-0.1, -0.05) is 13.0 Å². The van der Waals surface area contributed by atoms with Crippen LogP contribution in [0.4, 0.5) is 0 Å². The second kappa shape index (κ2) is 5.79. The van der Waals surface area contributed by atoms with Gasteiger partial charge in [0.15, 0.2) is 0 Å². The van der Waals surface area contributed by atoms with Crippen molar-refractivity contribution in [2.75, 3.05) is 13.1 Å². The number of rotatable bonds is 5. The number of hydrogen-bond donors (Lipinski definition) is 2. The highest BCUT2D eigenvalue weighted by Gasteiger charge is 1.93. The molecule has 0 spiro atoms. The number of hydrogen-bond acceptors (Lipinski definition) is 2. The van der Waals surface area contributed by atoms with Crippen molar-refractivity contribution < 1.29 is 5.11 Å². The summed E-state index contributed by atoms with van der Waals surface area (Å²) in [6.45, 7) is 7.13. The number of aliphatic hydroxyl groups is 1. The van der Waals surface area contributed by atoms with Gasteiger partial charge in [0, 0.05) is 6.54 Å². The van der Waals surface area contributed by atoms with Gasteiger partial charge in [-0.3, -0.25) is 0 Å². The van der Waals surface area contributed by atoms with Gasteiger partial charge in [0.1, 0.15) is 0 Å². The van der Waals surface area contributed by atoms with E-state index in [0.29, 0.717) is 6.54 Å². The third-order valence-corrected chi connectivity index (χ3v) is 1.05. The fourth-order valence-corrected chi connectivity index (χ4v) is 0.510. The molecule has 2 N–H and O–H groups in total. The zero-order valence-electron chi connectivity index (χ0n) is 5.93. The molecule has 0 saturated carbocycles. The normalized spacial score (nSPS) is 13.1. The van der Waals surface area contributed by atoms with Crippen LogP contribution in [-0.4, -0.2) is 24.3 Å². The van der Waals surface area contributed by atoms with Crippen LogP contribution in [0.2, 0.25) is 0 Å². The summed E-state index contributed by atoms with van der Waals surface area (Å²) in [5.74, 6) is 0. The van der Waals surface area contributed by atoms with Crippen LogP contribution >= 0.6 is 0 Å². The lowest BCUT2D eigenvalue weighted by molar-refractivity contribution is 0.219. The first-order valence-corrected chi connectivity index (χ1v) is 3.32. The van der Waals surface area contributed by atoms with E-state index in [1.807, 2.05) is 0 Å². The molecule has 0 saturated heterocycles. The highest BCUT2D eigenvalue weighted by molar-refractivity contribution is 4.79. The van der Waals surface area contributed by atoms with Crippen molar-refractivity contribution in [2.45, 2.75) is 19.4 Å². The Kier molecular flexibility index (Phi) is 5.57. The van der Waals surface area contributed by atoms with Gasteiger partial charge in [-0.05, 0) is 13.0 Å². The molecule has 0 rings (SSSR count). The van der Waals surface area contributed by atoms with Crippen molar-refractivity contribution in [3.05, 3.63) is 12.7 Å². The molecular formula is C7H15NO. The standard InChI is InChI=1S/C7H15NO/c1-3-5-8-6-7(9)4-2/h4,7-9H,2-3,5-6H2,1H3. The third kappa shape index (κ3) is 5.53. The number of aliphatic hydroxyl groups excluding tert-OH is 1. The van der Waals surface area contributed by atoms with Crippen LogP contribution in [0, 0.1) is 0 Å². The molecule has 0 aliphatic carbocycles. The van der Waals surface area contributed by atoms with E-state index in [4.69, 9.17) is 5.11 Å². The second-order valence-electron chi connectivity index (χ2n) is 2.01. The van der Waals surface area contributed by atoms with Crippen molar-refractivity contribution in [1.29, 1.82) is 0 Å². The topological polar surface area (TPSA) is 32.3 Å². The molecule has 0 amide bonds. The van der Waals surface area contributed by atoms with E-state index in [1.54, 1.807) is 0 Å². The molecule has 0 heterocycles. The predicted molar refractivity (Wildman–Crippen MR) is 39.4 cm³/mol. The van der Waals surface area contributed by atoms with Crippen molar-refractivity contribution in [3.63, 3.8) is 0 Å². The Labute approximate surface area is 56.6 Å². The van der Waals surface area contributed by atoms with Gasteiger partial charge < -0.3 is 10.4 Å². The van der Waals surface area contributed by atoms with E-state index in [-0.39, 0.29) is 0 Å². The molecule has 1 unspecified atom stereocenters. The molecule has 9 heavy (non-hydrogen) atoms. The largest absolute Gasteiger partial charge is 0.388 e. The SMILES string of the molecule is C=CC(O)CNCCC. The monoisotopic (exact) mass is 129 g/mol. The zero-order valence-corrected chi connectivity index (χ0v) is 5.93. The maximum atomic E-state index is 8.90. The molecule has 0 aromatic carbocycles. The summed E-state index contributed by atoms with van der Waals surface area (Å²) in [6.07, 6.45) is 2.24. The van der Waals surface area contributed by atoms with Gasteiger partial charge in [0.2, 0.25) is 0 Å². The summed E-state index contributed by atoms with van der Waals surface area (Å²) in [6, 6.07) is 0. The van der Waals surface area contributed by atoms with Crippen molar-refractivity contribution in [1.82, 2.24) is 5.32 Å². The van der Waals surface area contributed by atoms with Gasteiger partial charge in [-0.25, -0.2) is 0 Å². The Morgan fingerprint density at radius 2 is 2.44 bits per heavy atom. The van der Waals surface area contributed by atoms with Gasteiger partial charge in [-0.2, -0.15) is 0 Å². The summed E-state index contributed by atoms with van der Waals surface area (Å²) in [5, 5.41) is 12.0. The summed E-state index contributed by atoms with van der Waals surface area (Å²) in [7, 11) is 0. The lowest BCUT2D eigenvalue weighted by Crippen LogP contribution is -2.25. The van der Waals surface area contributed by atoms with Crippen molar-refractivity contribution in [3.8, 4) is 0 Å². The second-order valence-corrected chi connectivity index (χ2v) is 2.01. The van der Waals surface area contributed by atoms with E-state index in [0.717, 1.165) is 13.0 Å². The highest BCUT2D eigenvalue weighted by Crippen LogP contribution is 1.79. The zero-order chi connectivity index (χ0) is 7.11. The minimum Gasteiger partial charge on any atom is -0.388 e. The van der Waals surface area contributed by atoms with E-state index >= 15 is 0 Å². The maximum Gasteiger partial charge on any atom is 0.0842 e. The average Bonchev–Trinajstić information content (AvgIpc) is 1.89. The van der Waals surface area contributed by atoms with Crippen LogP contribution in [-0.2, 0) is 0 Å². The molecule has 2 nitrogen and oxygen atoms in total. The quantitative estimate of drug-likeness (QED) is 0.419. The Morgan fingerprint density at radius 3 is 2.89 bits per heavy atom. The molecule has 0 fully saturated rings. The molecule has 0 aliphatic rings. The molecule has 54 valence electrons. The highest BCUT2D eigenvalue weighted by atomic mass is 16.3. The molecule has 2 heteroatoms. The minimum absolute atomic E-state index is 0.392. The molecule has 0 aliphatic heterocycles. The van der Waals surface area contributed by atoms with Gasteiger partial charge in [-0.15, -0.1) is 6.58 Å². The lowest BCUT2D eigenvalue weighted by Gasteiger charge is -2.04. The van der Waals surface area contributed by atoms with Crippen LogP contribution in [0.1, 0.15) is 13.3 Å². The van der Waals surface area contributed by atoms with Gasteiger partial charge in [0.25, 0.3) is 0 Å². The van der Waals surface area contributed by atoms with E-state index < -0.39 is 6.10 Å². The van der Waals surface area contributed by atoms with E-state index in [2.05, 4.69) is 18.8 Å². The Morgan fingerprint density at radius 1 is 1.78 bits per heavy atom.